The van der Waals surface area contributed by atoms with Crippen LogP contribution in [0.5, 0.6) is 5.75 Å². The van der Waals surface area contributed by atoms with E-state index < -0.39 is 12.1 Å². The predicted molar refractivity (Wildman–Crippen MR) is 85.4 cm³/mol. The van der Waals surface area contributed by atoms with Crippen molar-refractivity contribution in [3.8, 4) is 5.75 Å². The molecule has 1 atom stereocenters. The summed E-state index contributed by atoms with van der Waals surface area (Å²) in [4.78, 5) is 25.4. The van der Waals surface area contributed by atoms with Crippen molar-refractivity contribution in [1.82, 2.24) is 4.90 Å². The third-order valence-electron chi connectivity index (χ3n) is 4.11. The lowest BCUT2D eigenvalue weighted by Gasteiger charge is -2.32. The van der Waals surface area contributed by atoms with Gasteiger partial charge in [0.2, 0.25) is 0 Å². The maximum Gasteiger partial charge on any atom is 0.306 e. The lowest BCUT2D eigenvalue weighted by atomic mass is 10.1. The Hall–Kier alpha value is -2.54. The van der Waals surface area contributed by atoms with Gasteiger partial charge in [0.1, 0.15) is 17.1 Å². The van der Waals surface area contributed by atoms with E-state index in [1.54, 1.807) is 37.1 Å². The van der Waals surface area contributed by atoms with Crippen LogP contribution >= 0.6 is 0 Å². The van der Waals surface area contributed by atoms with Gasteiger partial charge in [-0.05, 0) is 25.1 Å². The average molecular weight is 333 g/mol. The van der Waals surface area contributed by atoms with Gasteiger partial charge in [-0.1, -0.05) is 0 Å². The summed E-state index contributed by atoms with van der Waals surface area (Å²) in [7, 11) is 1.56. The molecule has 3 rings (SSSR count). The summed E-state index contributed by atoms with van der Waals surface area (Å²) in [6.45, 7) is 2.74. The molecule has 1 aromatic carbocycles. The summed E-state index contributed by atoms with van der Waals surface area (Å²) in [5.74, 6) is 0.0507. The van der Waals surface area contributed by atoms with Gasteiger partial charge in [0, 0.05) is 18.5 Å². The molecule has 1 N–H and O–H groups in total. The molecule has 1 aliphatic rings. The monoisotopic (exact) mass is 333 g/mol. The molecule has 0 saturated carbocycles. The molecule has 0 unspecified atom stereocenters. The Morgan fingerprint density at radius 1 is 1.42 bits per heavy atom. The number of furan rings is 1. The van der Waals surface area contributed by atoms with Crippen LogP contribution in [0.15, 0.2) is 22.6 Å². The van der Waals surface area contributed by atoms with Crippen molar-refractivity contribution in [2.24, 2.45) is 0 Å². The number of rotatable bonds is 4. The normalized spacial score (nSPS) is 17.9. The van der Waals surface area contributed by atoms with Gasteiger partial charge in [-0.3, -0.25) is 9.59 Å². The molecule has 0 spiro atoms. The Labute approximate surface area is 138 Å². The van der Waals surface area contributed by atoms with E-state index in [2.05, 4.69) is 0 Å². The quantitative estimate of drug-likeness (QED) is 0.921. The Kier molecular flexibility index (Phi) is 4.44. The average Bonchev–Trinajstić information content (AvgIpc) is 2.88. The molecule has 1 aromatic heterocycles. The van der Waals surface area contributed by atoms with Crippen LogP contribution in [0.25, 0.3) is 11.0 Å². The summed E-state index contributed by atoms with van der Waals surface area (Å²) >= 11 is 0. The van der Waals surface area contributed by atoms with Crippen LogP contribution in [-0.4, -0.2) is 54.8 Å². The highest BCUT2D eigenvalue weighted by Gasteiger charge is 2.29. The number of carbonyl (C=O) groups excluding carboxylic acids is 1. The van der Waals surface area contributed by atoms with Crippen molar-refractivity contribution >= 4 is 22.8 Å². The molecule has 2 aromatic rings. The first-order valence-electron chi connectivity index (χ1n) is 7.69. The van der Waals surface area contributed by atoms with Gasteiger partial charge in [0.15, 0.2) is 0 Å². The topological polar surface area (TPSA) is 89.2 Å². The van der Waals surface area contributed by atoms with E-state index in [9.17, 15) is 9.59 Å². The number of ether oxygens (including phenoxy) is 2. The summed E-state index contributed by atoms with van der Waals surface area (Å²) < 4.78 is 16.3. The second-order valence-corrected chi connectivity index (χ2v) is 5.74. The number of carboxylic acid groups (broad SMARTS) is 1. The van der Waals surface area contributed by atoms with E-state index in [1.165, 1.54) is 0 Å². The summed E-state index contributed by atoms with van der Waals surface area (Å²) in [5, 5.41) is 9.60. The first-order valence-corrected chi connectivity index (χ1v) is 7.69. The minimum Gasteiger partial charge on any atom is -0.497 e. The molecule has 1 saturated heterocycles. The lowest BCUT2D eigenvalue weighted by Crippen LogP contribution is -2.46. The van der Waals surface area contributed by atoms with Gasteiger partial charge >= 0.3 is 5.97 Å². The zero-order valence-corrected chi connectivity index (χ0v) is 13.6. The number of fused-ring (bicyclic) bond motifs is 1. The van der Waals surface area contributed by atoms with Gasteiger partial charge in [-0.2, -0.15) is 0 Å². The molecular weight excluding hydrogens is 314 g/mol. The molecule has 0 radical (unpaired) electrons. The highest BCUT2D eigenvalue weighted by molar-refractivity contribution is 6.07. The molecule has 24 heavy (non-hydrogen) atoms. The van der Waals surface area contributed by atoms with E-state index >= 15 is 0 Å². The van der Waals surface area contributed by atoms with Crippen molar-refractivity contribution in [3.05, 3.63) is 29.5 Å². The highest BCUT2D eigenvalue weighted by Crippen LogP contribution is 2.30. The number of carboxylic acids is 1. The smallest absolute Gasteiger partial charge is 0.306 e. The van der Waals surface area contributed by atoms with E-state index in [0.717, 1.165) is 0 Å². The summed E-state index contributed by atoms with van der Waals surface area (Å²) in [6, 6.07) is 5.32. The van der Waals surface area contributed by atoms with Crippen LogP contribution in [0.4, 0.5) is 0 Å². The molecule has 0 bridgehead atoms. The molecule has 1 aliphatic heterocycles. The highest BCUT2D eigenvalue weighted by atomic mass is 16.5. The molecular formula is C17H19NO6. The molecule has 7 heteroatoms. The minimum atomic E-state index is -0.941. The number of nitrogens with zero attached hydrogens (tertiary/aromatic N) is 1. The molecule has 2 heterocycles. The molecule has 7 nitrogen and oxygen atoms in total. The number of hydrogen-bond donors (Lipinski definition) is 1. The summed E-state index contributed by atoms with van der Waals surface area (Å²) in [6.07, 6.45) is -0.615. The van der Waals surface area contributed by atoms with E-state index in [4.69, 9.17) is 19.0 Å². The second kappa shape index (κ2) is 6.52. The van der Waals surface area contributed by atoms with Crippen LogP contribution in [0.2, 0.25) is 0 Å². The number of hydrogen-bond acceptors (Lipinski definition) is 5. The van der Waals surface area contributed by atoms with Crippen LogP contribution in [0, 0.1) is 6.92 Å². The number of morpholine rings is 1. The molecule has 0 aliphatic carbocycles. The number of carbonyl (C=O) groups is 2. The fourth-order valence-electron chi connectivity index (χ4n) is 2.97. The summed E-state index contributed by atoms with van der Waals surface area (Å²) in [5.41, 5.74) is 1.10. The number of methoxy groups -OCH3 is 1. The molecule has 1 fully saturated rings. The van der Waals surface area contributed by atoms with E-state index in [1.807, 2.05) is 0 Å². The third kappa shape index (κ3) is 3.07. The van der Waals surface area contributed by atoms with Crippen molar-refractivity contribution < 1.29 is 28.6 Å². The van der Waals surface area contributed by atoms with E-state index in [0.29, 0.717) is 41.2 Å². The SMILES string of the molecule is COc1ccc2oc(C)c(C(=O)N3CCO[C@@H](CC(=O)O)C3)c2c1. The van der Waals surface area contributed by atoms with Gasteiger partial charge < -0.3 is 23.9 Å². The maximum absolute atomic E-state index is 12.9. The predicted octanol–water partition coefficient (Wildman–Crippen LogP) is 2.07. The van der Waals surface area contributed by atoms with Gasteiger partial charge in [0.05, 0.1) is 31.8 Å². The van der Waals surface area contributed by atoms with Gasteiger partial charge in [-0.25, -0.2) is 0 Å². The van der Waals surface area contributed by atoms with Gasteiger partial charge in [0.25, 0.3) is 5.91 Å². The third-order valence-corrected chi connectivity index (χ3v) is 4.11. The van der Waals surface area contributed by atoms with Crippen LogP contribution < -0.4 is 4.74 Å². The molecule has 128 valence electrons. The zero-order valence-electron chi connectivity index (χ0n) is 13.6. The maximum atomic E-state index is 12.9. The Morgan fingerprint density at radius 3 is 2.92 bits per heavy atom. The van der Waals surface area contributed by atoms with Crippen molar-refractivity contribution in [2.45, 2.75) is 19.4 Å². The van der Waals surface area contributed by atoms with Crippen molar-refractivity contribution in [2.75, 3.05) is 26.8 Å². The number of amides is 1. The Bertz CT molecular complexity index is 781. The Balaban J connectivity index is 1.90. The fourth-order valence-corrected chi connectivity index (χ4v) is 2.97. The van der Waals surface area contributed by atoms with Crippen LogP contribution in [0.3, 0.4) is 0 Å². The fraction of sp³-hybridized carbons (Fsp3) is 0.412. The zero-order chi connectivity index (χ0) is 17.3. The van der Waals surface area contributed by atoms with Crippen LogP contribution in [-0.2, 0) is 9.53 Å². The minimum absolute atomic E-state index is 0.122. The standard InChI is InChI=1S/C17H19NO6/c1-10-16(13-7-11(22-2)3-4-14(13)24-10)17(21)18-5-6-23-12(9-18)8-15(19)20/h3-4,7,12H,5-6,8-9H2,1-2H3,(H,19,20)/t12-/m0/s1. The molecule has 1 amide bonds. The van der Waals surface area contributed by atoms with Gasteiger partial charge in [-0.15, -0.1) is 0 Å². The van der Waals surface area contributed by atoms with Crippen LogP contribution in [0.1, 0.15) is 22.5 Å². The van der Waals surface area contributed by atoms with Crippen molar-refractivity contribution in [1.29, 1.82) is 0 Å². The largest absolute Gasteiger partial charge is 0.497 e. The lowest BCUT2D eigenvalue weighted by molar-refractivity contribution is -0.141. The Morgan fingerprint density at radius 2 is 2.21 bits per heavy atom. The van der Waals surface area contributed by atoms with E-state index in [-0.39, 0.29) is 18.9 Å². The number of aryl methyl sites for hydroxylation is 1. The number of aliphatic carboxylic acids is 1. The second-order valence-electron chi connectivity index (χ2n) is 5.74. The van der Waals surface area contributed by atoms with Crippen molar-refractivity contribution in [3.63, 3.8) is 0 Å². The first-order chi connectivity index (χ1) is 11.5. The first kappa shape index (κ1) is 16.3. The number of benzene rings is 1.